The summed E-state index contributed by atoms with van der Waals surface area (Å²) in [6.45, 7) is 4.03. The van der Waals surface area contributed by atoms with Crippen LogP contribution in [0.2, 0.25) is 0 Å². The monoisotopic (exact) mass is 366 g/mol. The Morgan fingerprint density at radius 1 is 1.11 bits per heavy atom. The van der Waals surface area contributed by atoms with Crippen LogP contribution in [0.15, 0.2) is 54.2 Å². The van der Waals surface area contributed by atoms with E-state index >= 15 is 0 Å². The smallest absolute Gasteiger partial charge is 0.333 e. The molecule has 0 aromatic heterocycles. The van der Waals surface area contributed by atoms with E-state index in [4.69, 9.17) is 9.47 Å². The van der Waals surface area contributed by atoms with Gasteiger partial charge in [0.2, 0.25) is 0 Å². The summed E-state index contributed by atoms with van der Waals surface area (Å²) in [5.74, 6) is 0.813. The molecule has 1 N–H and O–H groups in total. The Bertz CT molecular complexity index is 877. The van der Waals surface area contributed by atoms with Crippen molar-refractivity contribution < 1.29 is 19.1 Å². The minimum atomic E-state index is -0.471. The predicted molar refractivity (Wildman–Crippen MR) is 104 cm³/mol. The zero-order chi connectivity index (χ0) is 19.4. The number of nitrogens with zero attached hydrogens (tertiary/aromatic N) is 1. The molecule has 1 heterocycles. The number of benzene rings is 2. The van der Waals surface area contributed by atoms with Gasteiger partial charge in [0.1, 0.15) is 5.70 Å². The topological polar surface area (TPSA) is 67.9 Å². The lowest BCUT2D eigenvalue weighted by molar-refractivity contribution is -0.113. The Balaban J connectivity index is 1.86. The third-order valence-corrected chi connectivity index (χ3v) is 4.29. The largest absolute Gasteiger partial charge is 0.493 e. The molecular weight excluding hydrogens is 344 g/mol. The fourth-order valence-electron chi connectivity index (χ4n) is 2.68. The average Bonchev–Trinajstić information content (AvgIpc) is 2.96. The molecule has 6 nitrogen and oxygen atoms in total. The van der Waals surface area contributed by atoms with E-state index in [9.17, 15) is 9.59 Å². The van der Waals surface area contributed by atoms with Crippen LogP contribution in [0, 0.1) is 0 Å². The van der Waals surface area contributed by atoms with Crippen molar-refractivity contribution in [1.82, 2.24) is 5.32 Å². The minimum Gasteiger partial charge on any atom is -0.493 e. The van der Waals surface area contributed by atoms with Gasteiger partial charge in [0, 0.05) is 0 Å². The van der Waals surface area contributed by atoms with Crippen molar-refractivity contribution in [1.29, 1.82) is 0 Å². The van der Waals surface area contributed by atoms with E-state index in [0.29, 0.717) is 17.2 Å². The summed E-state index contributed by atoms with van der Waals surface area (Å²) in [5.41, 5.74) is 1.46. The third kappa shape index (κ3) is 3.95. The number of nitrogens with one attached hydrogen (secondary N) is 1. The number of carbonyl (C=O) groups excluding carboxylic acids is 2. The summed E-state index contributed by atoms with van der Waals surface area (Å²) in [4.78, 5) is 26.0. The minimum absolute atomic E-state index is 0.0678. The van der Waals surface area contributed by atoms with Crippen molar-refractivity contribution in [3.63, 3.8) is 0 Å². The van der Waals surface area contributed by atoms with Crippen LogP contribution in [0.1, 0.15) is 25.8 Å². The van der Waals surface area contributed by atoms with Gasteiger partial charge in [0.05, 0.1) is 18.9 Å². The molecule has 1 fully saturated rings. The molecule has 6 heteroatoms. The predicted octanol–water partition coefficient (Wildman–Crippen LogP) is 3.97. The van der Waals surface area contributed by atoms with Crippen molar-refractivity contribution in [2.24, 2.45) is 0 Å². The third-order valence-electron chi connectivity index (χ3n) is 4.29. The molecule has 0 bridgehead atoms. The number of ether oxygens (including phenoxy) is 2. The second kappa shape index (κ2) is 7.95. The van der Waals surface area contributed by atoms with Crippen molar-refractivity contribution in [2.75, 3.05) is 12.0 Å². The molecule has 1 aliphatic heterocycles. The highest BCUT2D eigenvalue weighted by Crippen LogP contribution is 2.30. The molecule has 2 aromatic rings. The van der Waals surface area contributed by atoms with Gasteiger partial charge in [0.15, 0.2) is 11.5 Å². The van der Waals surface area contributed by atoms with Crippen molar-refractivity contribution in [3.05, 3.63) is 59.8 Å². The summed E-state index contributed by atoms with van der Waals surface area (Å²) in [6.07, 6.45) is 2.57. The molecule has 1 unspecified atom stereocenters. The second-order valence-corrected chi connectivity index (χ2v) is 6.21. The van der Waals surface area contributed by atoms with Gasteiger partial charge in [-0.25, -0.2) is 9.69 Å². The lowest BCUT2D eigenvalue weighted by Gasteiger charge is -2.15. The quantitative estimate of drug-likeness (QED) is 0.620. The van der Waals surface area contributed by atoms with E-state index < -0.39 is 11.9 Å². The molecule has 3 rings (SSSR count). The molecule has 0 radical (unpaired) electrons. The maximum absolute atomic E-state index is 12.6. The molecule has 27 heavy (non-hydrogen) atoms. The number of rotatable bonds is 6. The molecule has 140 valence electrons. The van der Waals surface area contributed by atoms with E-state index in [1.807, 2.05) is 26.0 Å². The van der Waals surface area contributed by atoms with Gasteiger partial charge in [-0.2, -0.15) is 0 Å². The van der Waals surface area contributed by atoms with Crippen LogP contribution >= 0.6 is 0 Å². The van der Waals surface area contributed by atoms with Gasteiger partial charge in [-0.3, -0.25) is 4.79 Å². The van der Waals surface area contributed by atoms with Crippen LogP contribution in [0.4, 0.5) is 10.5 Å². The SMILES string of the molecule is CCC(C)Oc1ccc(C=C2NC(=O)N(c3ccccc3)C2=O)cc1OC. The Morgan fingerprint density at radius 3 is 2.52 bits per heavy atom. The number of para-hydroxylation sites is 1. The first-order valence-corrected chi connectivity index (χ1v) is 8.80. The van der Waals surface area contributed by atoms with Crippen LogP contribution in [0.25, 0.3) is 6.08 Å². The van der Waals surface area contributed by atoms with Crippen LogP contribution in [-0.4, -0.2) is 25.2 Å². The molecule has 3 amide bonds. The van der Waals surface area contributed by atoms with E-state index in [0.717, 1.165) is 16.9 Å². The van der Waals surface area contributed by atoms with Gasteiger partial charge in [0.25, 0.3) is 5.91 Å². The molecular formula is C21H22N2O4. The molecule has 2 aromatic carbocycles. The van der Waals surface area contributed by atoms with Crippen LogP contribution in [0.3, 0.4) is 0 Å². The Hall–Kier alpha value is -3.28. The van der Waals surface area contributed by atoms with Gasteiger partial charge >= 0.3 is 6.03 Å². The first kappa shape index (κ1) is 18.5. The van der Waals surface area contributed by atoms with Gasteiger partial charge in [-0.05, 0) is 49.2 Å². The number of methoxy groups -OCH3 is 1. The fourth-order valence-corrected chi connectivity index (χ4v) is 2.68. The van der Waals surface area contributed by atoms with Crippen LogP contribution < -0.4 is 19.7 Å². The fraction of sp³-hybridized carbons (Fsp3) is 0.238. The first-order chi connectivity index (χ1) is 13.0. The summed E-state index contributed by atoms with van der Waals surface area (Å²) < 4.78 is 11.2. The van der Waals surface area contributed by atoms with Gasteiger partial charge < -0.3 is 14.8 Å². The summed E-state index contributed by atoms with van der Waals surface area (Å²) >= 11 is 0. The molecule has 0 aliphatic carbocycles. The zero-order valence-electron chi connectivity index (χ0n) is 15.6. The van der Waals surface area contributed by atoms with Gasteiger partial charge in [-0.1, -0.05) is 31.2 Å². The van der Waals surface area contributed by atoms with E-state index in [1.54, 1.807) is 49.6 Å². The first-order valence-electron chi connectivity index (χ1n) is 8.80. The van der Waals surface area contributed by atoms with Crippen molar-refractivity contribution in [3.8, 4) is 11.5 Å². The van der Waals surface area contributed by atoms with Crippen LogP contribution in [-0.2, 0) is 4.79 Å². The number of imide groups is 1. The summed E-state index contributed by atoms with van der Waals surface area (Å²) in [6, 6.07) is 13.7. The van der Waals surface area contributed by atoms with Crippen molar-refractivity contribution >= 4 is 23.7 Å². The Morgan fingerprint density at radius 2 is 1.85 bits per heavy atom. The molecule has 1 saturated heterocycles. The summed E-state index contributed by atoms with van der Waals surface area (Å²) in [5, 5.41) is 2.62. The highest BCUT2D eigenvalue weighted by Gasteiger charge is 2.34. The number of urea groups is 1. The number of hydrogen-bond acceptors (Lipinski definition) is 4. The van der Waals surface area contributed by atoms with E-state index in [2.05, 4.69) is 5.32 Å². The van der Waals surface area contributed by atoms with E-state index in [1.165, 1.54) is 0 Å². The summed E-state index contributed by atoms with van der Waals surface area (Å²) in [7, 11) is 1.56. The number of amides is 3. The lowest BCUT2D eigenvalue weighted by atomic mass is 10.1. The molecule has 0 spiro atoms. The Kier molecular flexibility index (Phi) is 5.45. The number of anilines is 1. The van der Waals surface area contributed by atoms with Gasteiger partial charge in [-0.15, -0.1) is 0 Å². The highest BCUT2D eigenvalue weighted by molar-refractivity contribution is 6.28. The molecule has 1 aliphatic rings. The van der Waals surface area contributed by atoms with Crippen molar-refractivity contribution in [2.45, 2.75) is 26.4 Å². The molecule has 1 atom stereocenters. The van der Waals surface area contributed by atoms with E-state index in [-0.39, 0.29) is 11.8 Å². The van der Waals surface area contributed by atoms with Crippen LogP contribution in [0.5, 0.6) is 11.5 Å². The molecule has 0 saturated carbocycles. The average molecular weight is 366 g/mol. The highest BCUT2D eigenvalue weighted by atomic mass is 16.5. The maximum atomic E-state index is 12.6. The zero-order valence-corrected chi connectivity index (χ0v) is 15.6. The number of carbonyl (C=O) groups is 2. The second-order valence-electron chi connectivity index (χ2n) is 6.21. The normalized spacial score (nSPS) is 16.4. The standard InChI is InChI=1S/C21H22N2O4/c1-4-14(2)27-18-11-10-15(13-19(18)26-3)12-17-20(24)23(21(25)22-17)16-8-6-5-7-9-16/h5-14H,4H2,1-3H3,(H,22,25). The number of hydrogen-bond donors (Lipinski definition) is 1. The Labute approximate surface area is 158 Å². The lowest BCUT2D eigenvalue weighted by Crippen LogP contribution is -2.30. The maximum Gasteiger partial charge on any atom is 0.333 e.